The van der Waals surface area contributed by atoms with Crippen LogP contribution in [0.1, 0.15) is 96.8 Å². The maximum Gasteiger partial charge on any atom is 0.0431 e. The average Bonchev–Trinajstić information content (AvgIpc) is 3.20. The molecule has 2 N–H and O–H groups in total. The summed E-state index contributed by atoms with van der Waals surface area (Å²) < 4.78 is 0. The van der Waals surface area contributed by atoms with Crippen molar-refractivity contribution in [1.29, 1.82) is 0 Å². The molecule has 1 rings (SSSR count). The van der Waals surface area contributed by atoms with Crippen LogP contribution in [0, 0.1) is 0 Å². The maximum atomic E-state index is 8.70. The Kier molecular flexibility index (Phi) is 11.4. The SMILES string of the molecule is CCCCCCCC[C@H]1N[C@@H]1CCCCCCCCO. The molecule has 1 heterocycles. The molecule has 1 aliphatic rings. The summed E-state index contributed by atoms with van der Waals surface area (Å²) in [6, 6.07) is 1.71. The number of aliphatic hydroxyl groups is 1. The first-order valence-corrected chi connectivity index (χ1v) is 9.25. The molecule has 0 saturated carbocycles. The Labute approximate surface area is 126 Å². The quantitative estimate of drug-likeness (QED) is 0.335. The lowest BCUT2D eigenvalue weighted by Gasteiger charge is -2.01. The fraction of sp³-hybridized carbons (Fsp3) is 1.00. The number of unbranched alkanes of at least 4 members (excludes halogenated alkanes) is 10. The van der Waals surface area contributed by atoms with Crippen molar-refractivity contribution in [3.8, 4) is 0 Å². The lowest BCUT2D eigenvalue weighted by Crippen LogP contribution is -1.95. The van der Waals surface area contributed by atoms with Crippen molar-refractivity contribution in [3.05, 3.63) is 0 Å². The minimum atomic E-state index is 0.367. The smallest absolute Gasteiger partial charge is 0.0431 e. The van der Waals surface area contributed by atoms with Crippen molar-refractivity contribution in [2.75, 3.05) is 6.61 Å². The molecule has 2 nitrogen and oxygen atoms in total. The first-order valence-electron chi connectivity index (χ1n) is 9.25. The zero-order chi connectivity index (χ0) is 14.5. The van der Waals surface area contributed by atoms with Crippen LogP contribution in [0.2, 0.25) is 0 Å². The standard InChI is InChI=1S/C18H37NO/c1-2-3-4-5-8-11-14-17-18(19-17)15-12-9-6-7-10-13-16-20/h17-20H,2-16H2,1H3/t17-,18-/m1/s1. The highest BCUT2D eigenvalue weighted by Crippen LogP contribution is 2.23. The van der Waals surface area contributed by atoms with Crippen molar-refractivity contribution in [2.45, 2.75) is 109 Å². The van der Waals surface area contributed by atoms with E-state index in [2.05, 4.69) is 12.2 Å². The van der Waals surface area contributed by atoms with Crippen LogP contribution in [0.5, 0.6) is 0 Å². The van der Waals surface area contributed by atoms with E-state index in [4.69, 9.17) is 5.11 Å². The zero-order valence-electron chi connectivity index (χ0n) is 13.7. The third-order valence-corrected chi connectivity index (χ3v) is 4.60. The molecule has 0 unspecified atom stereocenters. The van der Waals surface area contributed by atoms with Crippen LogP contribution in [0.3, 0.4) is 0 Å². The molecule has 1 saturated heterocycles. The number of hydrogen-bond acceptors (Lipinski definition) is 2. The van der Waals surface area contributed by atoms with Crippen LogP contribution in [0.25, 0.3) is 0 Å². The Hall–Kier alpha value is -0.0800. The molecule has 0 aromatic rings. The van der Waals surface area contributed by atoms with Crippen molar-refractivity contribution in [1.82, 2.24) is 5.32 Å². The van der Waals surface area contributed by atoms with Gasteiger partial charge in [0.1, 0.15) is 0 Å². The van der Waals surface area contributed by atoms with Gasteiger partial charge in [0.2, 0.25) is 0 Å². The van der Waals surface area contributed by atoms with Gasteiger partial charge >= 0.3 is 0 Å². The van der Waals surface area contributed by atoms with Gasteiger partial charge in [-0.3, -0.25) is 0 Å². The highest BCUT2D eigenvalue weighted by molar-refractivity contribution is 4.97. The van der Waals surface area contributed by atoms with E-state index in [1.807, 2.05) is 0 Å². The van der Waals surface area contributed by atoms with Crippen LogP contribution in [0.4, 0.5) is 0 Å². The molecule has 0 aliphatic carbocycles. The summed E-state index contributed by atoms with van der Waals surface area (Å²) in [6.45, 7) is 2.65. The largest absolute Gasteiger partial charge is 0.396 e. The summed E-state index contributed by atoms with van der Waals surface area (Å²) in [5.74, 6) is 0. The summed E-state index contributed by atoms with van der Waals surface area (Å²) in [5, 5.41) is 12.4. The minimum absolute atomic E-state index is 0.367. The predicted octanol–water partition coefficient (Wildman–Crippen LogP) is 4.80. The molecule has 0 radical (unpaired) electrons. The first-order chi connectivity index (χ1) is 9.88. The van der Waals surface area contributed by atoms with E-state index in [0.717, 1.165) is 18.5 Å². The highest BCUT2D eigenvalue weighted by atomic mass is 16.2. The van der Waals surface area contributed by atoms with E-state index < -0.39 is 0 Å². The van der Waals surface area contributed by atoms with Crippen LogP contribution < -0.4 is 5.32 Å². The van der Waals surface area contributed by atoms with E-state index in [-0.39, 0.29) is 0 Å². The van der Waals surface area contributed by atoms with E-state index in [1.54, 1.807) is 0 Å². The topological polar surface area (TPSA) is 42.2 Å². The van der Waals surface area contributed by atoms with Crippen molar-refractivity contribution in [3.63, 3.8) is 0 Å². The Morgan fingerprint density at radius 2 is 1.10 bits per heavy atom. The summed E-state index contributed by atoms with van der Waals surface area (Å²) in [5.41, 5.74) is 0. The van der Waals surface area contributed by atoms with Gasteiger partial charge in [0.25, 0.3) is 0 Å². The van der Waals surface area contributed by atoms with E-state index in [9.17, 15) is 0 Å². The van der Waals surface area contributed by atoms with Crippen LogP contribution in [-0.2, 0) is 0 Å². The van der Waals surface area contributed by atoms with Gasteiger partial charge in [-0.1, -0.05) is 77.6 Å². The molecule has 0 bridgehead atoms. The Morgan fingerprint density at radius 3 is 1.60 bits per heavy atom. The van der Waals surface area contributed by atoms with Gasteiger partial charge in [0.05, 0.1) is 0 Å². The van der Waals surface area contributed by atoms with E-state index in [1.165, 1.54) is 83.5 Å². The molecule has 1 fully saturated rings. The lowest BCUT2D eigenvalue weighted by molar-refractivity contribution is 0.282. The van der Waals surface area contributed by atoms with E-state index >= 15 is 0 Å². The lowest BCUT2D eigenvalue weighted by atomic mass is 10.0. The van der Waals surface area contributed by atoms with Crippen LogP contribution in [0.15, 0.2) is 0 Å². The molecule has 0 aromatic heterocycles. The fourth-order valence-electron chi connectivity index (χ4n) is 3.12. The van der Waals surface area contributed by atoms with Crippen LogP contribution >= 0.6 is 0 Å². The molecular weight excluding hydrogens is 246 g/mol. The molecule has 0 aromatic carbocycles. The minimum Gasteiger partial charge on any atom is -0.396 e. The maximum absolute atomic E-state index is 8.70. The molecule has 20 heavy (non-hydrogen) atoms. The second-order valence-corrected chi connectivity index (χ2v) is 6.57. The summed E-state index contributed by atoms with van der Waals surface area (Å²) >= 11 is 0. The predicted molar refractivity (Wildman–Crippen MR) is 88.1 cm³/mol. The normalized spacial score (nSPS) is 21.3. The van der Waals surface area contributed by atoms with Crippen LogP contribution in [-0.4, -0.2) is 23.8 Å². The molecule has 1 aliphatic heterocycles. The second kappa shape index (κ2) is 12.6. The van der Waals surface area contributed by atoms with Gasteiger partial charge < -0.3 is 10.4 Å². The van der Waals surface area contributed by atoms with Gasteiger partial charge in [-0.05, 0) is 19.3 Å². The van der Waals surface area contributed by atoms with Crippen molar-refractivity contribution in [2.24, 2.45) is 0 Å². The first kappa shape index (κ1) is 18.0. The van der Waals surface area contributed by atoms with Gasteiger partial charge in [0.15, 0.2) is 0 Å². The third kappa shape index (κ3) is 9.77. The third-order valence-electron chi connectivity index (χ3n) is 4.60. The summed E-state index contributed by atoms with van der Waals surface area (Å²) in [4.78, 5) is 0. The molecule has 2 heteroatoms. The molecule has 120 valence electrons. The van der Waals surface area contributed by atoms with Crippen molar-refractivity contribution >= 4 is 0 Å². The number of nitrogens with one attached hydrogen (secondary N) is 1. The molecule has 0 amide bonds. The van der Waals surface area contributed by atoms with Gasteiger partial charge in [0, 0.05) is 18.7 Å². The average molecular weight is 283 g/mol. The zero-order valence-corrected chi connectivity index (χ0v) is 13.7. The molecular formula is C18H37NO. The van der Waals surface area contributed by atoms with Gasteiger partial charge in [-0.2, -0.15) is 0 Å². The summed E-state index contributed by atoms with van der Waals surface area (Å²) in [7, 11) is 0. The number of rotatable bonds is 15. The van der Waals surface area contributed by atoms with Crippen molar-refractivity contribution < 1.29 is 5.11 Å². The molecule has 2 atom stereocenters. The van der Waals surface area contributed by atoms with Gasteiger partial charge in [-0.25, -0.2) is 0 Å². The second-order valence-electron chi connectivity index (χ2n) is 6.57. The number of hydrogen-bond donors (Lipinski definition) is 2. The van der Waals surface area contributed by atoms with E-state index in [0.29, 0.717) is 6.61 Å². The van der Waals surface area contributed by atoms with Gasteiger partial charge in [-0.15, -0.1) is 0 Å². The Morgan fingerprint density at radius 1 is 0.650 bits per heavy atom. The Balaban J connectivity index is 1.75. The Bertz CT molecular complexity index is 208. The highest BCUT2D eigenvalue weighted by Gasteiger charge is 2.33. The fourth-order valence-corrected chi connectivity index (χ4v) is 3.12. The monoisotopic (exact) mass is 283 g/mol. The summed E-state index contributed by atoms with van der Waals surface area (Å²) in [6.07, 6.45) is 19.0. The molecule has 0 spiro atoms. The number of aliphatic hydroxyl groups excluding tert-OH is 1.